The van der Waals surface area contributed by atoms with Crippen molar-refractivity contribution in [3.63, 3.8) is 0 Å². The van der Waals surface area contributed by atoms with E-state index in [4.69, 9.17) is 9.41 Å². The van der Waals surface area contributed by atoms with Crippen LogP contribution in [0.3, 0.4) is 0 Å². The first-order chi connectivity index (χ1) is 15.2. The number of rotatable bonds is 6. The Hall–Kier alpha value is -2.88. The number of aromatic nitrogens is 3. The number of furan rings is 1. The molecule has 168 valence electrons. The topological polar surface area (TPSA) is 106 Å². The molecular weight excluding hydrogens is 396 g/mol. The van der Waals surface area contributed by atoms with Gasteiger partial charge in [-0.15, -0.1) is 5.10 Å². The van der Waals surface area contributed by atoms with Crippen molar-refractivity contribution in [2.45, 2.75) is 39.3 Å². The molecule has 1 atom stereocenters. The van der Waals surface area contributed by atoms with Gasteiger partial charge in [0, 0.05) is 45.8 Å². The van der Waals surface area contributed by atoms with Crippen molar-refractivity contribution in [1.82, 2.24) is 35.2 Å². The van der Waals surface area contributed by atoms with E-state index in [1.165, 1.54) is 0 Å². The number of amides is 1. The number of piperazine rings is 1. The van der Waals surface area contributed by atoms with E-state index in [2.05, 4.69) is 37.2 Å². The first-order valence-corrected chi connectivity index (χ1v) is 11.2. The molecule has 2 saturated heterocycles. The Balaban J connectivity index is 1.33. The van der Waals surface area contributed by atoms with Crippen molar-refractivity contribution in [3.05, 3.63) is 24.2 Å². The zero-order chi connectivity index (χ0) is 21.6. The van der Waals surface area contributed by atoms with E-state index in [1.807, 2.05) is 24.0 Å². The summed E-state index contributed by atoms with van der Waals surface area (Å²) in [6.07, 6.45) is 3.86. The van der Waals surface area contributed by atoms with Crippen LogP contribution in [0, 0.1) is 0 Å². The van der Waals surface area contributed by atoms with Gasteiger partial charge in [-0.3, -0.25) is 14.8 Å². The highest BCUT2D eigenvalue weighted by Gasteiger charge is 2.30. The summed E-state index contributed by atoms with van der Waals surface area (Å²) in [6, 6.07) is 3.58. The van der Waals surface area contributed by atoms with Gasteiger partial charge in [0.2, 0.25) is 11.7 Å². The van der Waals surface area contributed by atoms with Crippen LogP contribution in [0.25, 0.3) is 11.6 Å². The maximum Gasteiger partial charge on any atom is 0.239 e. The van der Waals surface area contributed by atoms with E-state index in [-0.39, 0.29) is 11.9 Å². The predicted molar refractivity (Wildman–Crippen MR) is 117 cm³/mol. The maximum atomic E-state index is 12.7. The van der Waals surface area contributed by atoms with Crippen molar-refractivity contribution in [1.29, 1.82) is 0 Å². The van der Waals surface area contributed by atoms with Gasteiger partial charge in [0.25, 0.3) is 0 Å². The van der Waals surface area contributed by atoms with Crippen LogP contribution < -0.4 is 5.32 Å². The summed E-state index contributed by atoms with van der Waals surface area (Å²) < 4.78 is 5.34. The number of nitrogens with zero attached hydrogens (tertiary/aromatic N) is 6. The molecule has 10 heteroatoms. The lowest BCUT2D eigenvalue weighted by molar-refractivity contribution is -0.135. The Bertz CT molecular complexity index is 864. The lowest BCUT2D eigenvalue weighted by atomic mass is 10.2. The fraction of sp³-hybridized carbons (Fsp3) is 0.619. The number of H-pyrrole nitrogens is 1. The van der Waals surface area contributed by atoms with E-state index < -0.39 is 0 Å². The number of hydrogen-bond donors (Lipinski definition) is 2. The first kappa shape index (κ1) is 21.4. The van der Waals surface area contributed by atoms with Crippen LogP contribution in [-0.4, -0.2) is 93.6 Å². The van der Waals surface area contributed by atoms with Crippen molar-refractivity contribution in [2.24, 2.45) is 4.99 Å². The van der Waals surface area contributed by atoms with Crippen LogP contribution in [0.2, 0.25) is 0 Å². The third-order valence-electron chi connectivity index (χ3n) is 5.92. The quantitative estimate of drug-likeness (QED) is 0.525. The van der Waals surface area contributed by atoms with E-state index >= 15 is 0 Å². The molecule has 10 nitrogen and oxygen atoms in total. The number of aromatic amines is 1. The van der Waals surface area contributed by atoms with Gasteiger partial charge in [-0.25, -0.2) is 9.98 Å². The molecule has 0 spiro atoms. The molecule has 1 unspecified atom stereocenters. The second-order valence-corrected chi connectivity index (χ2v) is 7.98. The van der Waals surface area contributed by atoms with Gasteiger partial charge in [-0.1, -0.05) is 0 Å². The molecule has 0 aromatic carbocycles. The Morgan fingerprint density at radius 1 is 1.23 bits per heavy atom. The highest BCUT2D eigenvalue weighted by molar-refractivity contribution is 5.82. The first-order valence-electron chi connectivity index (χ1n) is 11.2. The monoisotopic (exact) mass is 428 g/mol. The molecule has 4 heterocycles. The standard InChI is InChI=1S/C21H32N8O2/c1-3-22-21(23-15-18-24-19(26-25-18)17-7-6-14-31-17)29-12-10-27(11-13-29)16(2)20(30)28-8-4-5-9-28/h6-7,14,16H,3-5,8-13,15H2,1-2H3,(H,22,23)(H,24,25,26). The molecule has 2 aliphatic rings. The van der Waals surface area contributed by atoms with Crippen LogP contribution in [-0.2, 0) is 11.3 Å². The average molecular weight is 429 g/mol. The zero-order valence-corrected chi connectivity index (χ0v) is 18.4. The molecule has 2 N–H and O–H groups in total. The number of guanidine groups is 1. The number of hydrogen-bond acceptors (Lipinski definition) is 6. The number of aliphatic imine (C=N–C) groups is 1. The van der Waals surface area contributed by atoms with Gasteiger partial charge in [0.1, 0.15) is 12.4 Å². The molecule has 0 saturated carbocycles. The summed E-state index contributed by atoms with van der Waals surface area (Å²) in [5, 5.41) is 10.5. The Kier molecular flexibility index (Phi) is 6.86. The fourth-order valence-electron chi connectivity index (χ4n) is 4.14. The van der Waals surface area contributed by atoms with Crippen molar-refractivity contribution in [2.75, 3.05) is 45.8 Å². The summed E-state index contributed by atoms with van der Waals surface area (Å²) in [5.74, 6) is 2.98. The number of carbonyl (C=O) groups is 1. The van der Waals surface area contributed by atoms with Gasteiger partial charge in [0.05, 0.1) is 12.3 Å². The minimum absolute atomic E-state index is 0.0611. The predicted octanol–water partition coefficient (Wildman–Crippen LogP) is 1.16. The molecule has 2 aromatic heterocycles. The maximum absolute atomic E-state index is 12.7. The molecule has 31 heavy (non-hydrogen) atoms. The normalized spacial score (nSPS) is 19.1. The Morgan fingerprint density at radius 3 is 2.68 bits per heavy atom. The minimum Gasteiger partial charge on any atom is -0.461 e. The molecular formula is C21H32N8O2. The van der Waals surface area contributed by atoms with Gasteiger partial charge >= 0.3 is 0 Å². The lowest BCUT2D eigenvalue weighted by Crippen LogP contribution is -2.57. The van der Waals surface area contributed by atoms with E-state index in [1.54, 1.807) is 6.26 Å². The number of likely N-dealkylation sites (tertiary alicyclic amines) is 1. The molecule has 0 bridgehead atoms. The molecule has 0 radical (unpaired) electrons. The van der Waals surface area contributed by atoms with Crippen LogP contribution in [0.4, 0.5) is 0 Å². The van der Waals surface area contributed by atoms with Gasteiger partial charge in [0.15, 0.2) is 11.7 Å². The second kappa shape index (κ2) is 9.95. The summed E-state index contributed by atoms with van der Waals surface area (Å²) >= 11 is 0. The van der Waals surface area contributed by atoms with Crippen LogP contribution in [0.5, 0.6) is 0 Å². The van der Waals surface area contributed by atoms with Gasteiger partial charge in [-0.2, -0.15) is 0 Å². The van der Waals surface area contributed by atoms with E-state index in [0.29, 0.717) is 24.0 Å². The van der Waals surface area contributed by atoms with Crippen LogP contribution >= 0.6 is 0 Å². The van der Waals surface area contributed by atoms with Crippen LogP contribution in [0.15, 0.2) is 27.8 Å². The highest BCUT2D eigenvalue weighted by Crippen LogP contribution is 2.16. The largest absolute Gasteiger partial charge is 0.461 e. The average Bonchev–Trinajstić information content (AvgIpc) is 3.57. The second-order valence-electron chi connectivity index (χ2n) is 7.98. The molecule has 2 fully saturated rings. The van der Waals surface area contributed by atoms with E-state index in [0.717, 1.165) is 64.6 Å². The third kappa shape index (κ3) is 5.07. The summed E-state index contributed by atoms with van der Waals surface area (Å²) in [7, 11) is 0. The summed E-state index contributed by atoms with van der Waals surface area (Å²) in [6.45, 7) is 10.5. The van der Waals surface area contributed by atoms with Crippen molar-refractivity contribution in [3.8, 4) is 11.6 Å². The Morgan fingerprint density at radius 2 is 2.00 bits per heavy atom. The minimum atomic E-state index is -0.0611. The fourth-order valence-corrected chi connectivity index (χ4v) is 4.14. The lowest BCUT2D eigenvalue weighted by Gasteiger charge is -2.39. The van der Waals surface area contributed by atoms with Gasteiger partial charge in [-0.05, 0) is 38.8 Å². The smallest absolute Gasteiger partial charge is 0.239 e. The number of carbonyl (C=O) groups excluding carboxylic acids is 1. The molecule has 0 aliphatic carbocycles. The molecule has 4 rings (SSSR count). The third-order valence-corrected chi connectivity index (χ3v) is 5.92. The van der Waals surface area contributed by atoms with Crippen molar-refractivity contribution < 1.29 is 9.21 Å². The Labute approximate surface area is 182 Å². The van der Waals surface area contributed by atoms with Crippen LogP contribution in [0.1, 0.15) is 32.5 Å². The van der Waals surface area contributed by atoms with Crippen molar-refractivity contribution >= 4 is 11.9 Å². The summed E-state index contributed by atoms with van der Waals surface area (Å²) in [4.78, 5) is 28.5. The zero-order valence-electron chi connectivity index (χ0n) is 18.4. The highest BCUT2D eigenvalue weighted by atomic mass is 16.3. The molecule has 2 aromatic rings. The summed E-state index contributed by atoms with van der Waals surface area (Å²) in [5.41, 5.74) is 0. The SMILES string of the molecule is CCNC(=NCc1nc(-c2ccco2)n[nH]1)N1CCN(C(C)C(=O)N2CCCC2)CC1. The molecule has 1 amide bonds. The van der Waals surface area contributed by atoms with Gasteiger partial charge < -0.3 is 19.5 Å². The van der Waals surface area contributed by atoms with E-state index in [9.17, 15) is 4.79 Å². The molecule has 2 aliphatic heterocycles. The number of nitrogens with one attached hydrogen (secondary N) is 2.